The molecule has 1 aliphatic carbocycles. The standard InChI is InChI=1S/C13H24N2O5S/c1-2-20-13(17)12-7-4-8-15(12)21(18,19)14-11-6-3-5-10(11)9-16/h10-12,14,16H,2-9H2,1H3. The molecule has 1 saturated carbocycles. The van der Waals surface area contributed by atoms with Crippen LogP contribution < -0.4 is 4.72 Å². The van der Waals surface area contributed by atoms with Crippen LogP contribution in [-0.2, 0) is 19.7 Å². The summed E-state index contributed by atoms with van der Waals surface area (Å²) in [4.78, 5) is 11.9. The van der Waals surface area contributed by atoms with E-state index in [2.05, 4.69) is 4.72 Å². The summed E-state index contributed by atoms with van der Waals surface area (Å²) in [5.74, 6) is -0.520. The first-order chi connectivity index (χ1) is 9.99. The third kappa shape index (κ3) is 3.74. The van der Waals surface area contributed by atoms with Crippen molar-refractivity contribution in [3.63, 3.8) is 0 Å². The Bertz CT molecular complexity index is 467. The Morgan fingerprint density at radius 3 is 2.76 bits per heavy atom. The van der Waals surface area contributed by atoms with Crippen LogP contribution in [-0.4, -0.2) is 55.6 Å². The molecule has 0 aromatic heterocycles. The monoisotopic (exact) mass is 320 g/mol. The molecule has 0 aromatic carbocycles. The number of rotatable bonds is 6. The van der Waals surface area contributed by atoms with Gasteiger partial charge in [0.2, 0.25) is 0 Å². The summed E-state index contributed by atoms with van der Waals surface area (Å²) < 4.78 is 33.8. The highest BCUT2D eigenvalue weighted by molar-refractivity contribution is 7.87. The largest absolute Gasteiger partial charge is 0.465 e. The van der Waals surface area contributed by atoms with Crippen molar-refractivity contribution in [1.29, 1.82) is 0 Å². The molecule has 3 unspecified atom stereocenters. The Morgan fingerprint density at radius 1 is 1.33 bits per heavy atom. The molecule has 0 amide bonds. The number of aliphatic hydroxyl groups is 1. The first-order valence-corrected chi connectivity index (χ1v) is 9.00. The molecule has 21 heavy (non-hydrogen) atoms. The highest BCUT2D eigenvalue weighted by Gasteiger charge is 2.41. The fraction of sp³-hybridized carbons (Fsp3) is 0.923. The molecule has 3 atom stereocenters. The van der Waals surface area contributed by atoms with E-state index >= 15 is 0 Å². The quantitative estimate of drug-likeness (QED) is 0.672. The molecule has 0 spiro atoms. The summed E-state index contributed by atoms with van der Waals surface area (Å²) in [5, 5.41) is 9.29. The Kier molecular flexibility index (Phi) is 5.59. The van der Waals surface area contributed by atoms with Crippen molar-refractivity contribution in [2.75, 3.05) is 19.8 Å². The van der Waals surface area contributed by atoms with Gasteiger partial charge < -0.3 is 9.84 Å². The molecule has 1 saturated heterocycles. The number of aliphatic hydroxyl groups excluding tert-OH is 1. The molecule has 1 heterocycles. The molecule has 0 aromatic rings. The molecule has 7 nitrogen and oxygen atoms in total. The number of carbonyl (C=O) groups excluding carboxylic acids is 1. The van der Waals surface area contributed by atoms with Crippen LogP contribution in [0.5, 0.6) is 0 Å². The molecule has 2 N–H and O–H groups in total. The first-order valence-electron chi connectivity index (χ1n) is 7.56. The van der Waals surface area contributed by atoms with Crippen LogP contribution in [0.25, 0.3) is 0 Å². The van der Waals surface area contributed by atoms with Crippen LogP contribution >= 0.6 is 0 Å². The van der Waals surface area contributed by atoms with Gasteiger partial charge in [-0.05, 0) is 38.5 Å². The van der Waals surface area contributed by atoms with Crippen LogP contribution in [0.4, 0.5) is 0 Å². The summed E-state index contributed by atoms with van der Waals surface area (Å²) in [6.07, 6.45) is 3.60. The zero-order valence-corrected chi connectivity index (χ0v) is 13.1. The van der Waals surface area contributed by atoms with Gasteiger partial charge in [0.15, 0.2) is 0 Å². The highest BCUT2D eigenvalue weighted by atomic mass is 32.2. The Morgan fingerprint density at radius 2 is 2.10 bits per heavy atom. The number of nitrogens with zero attached hydrogens (tertiary/aromatic N) is 1. The number of nitrogens with one attached hydrogen (secondary N) is 1. The van der Waals surface area contributed by atoms with Crippen molar-refractivity contribution in [3.8, 4) is 0 Å². The third-order valence-corrected chi connectivity index (χ3v) is 5.92. The van der Waals surface area contributed by atoms with Crippen LogP contribution in [0.2, 0.25) is 0 Å². The van der Waals surface area contributed by atoms with E-state index in [9.17, 15) is 18.3 Å². The lowest BCUT2D eigenvalue weighted by atomic mass is 10.1. The second kappa shape index (κ2) is 7.04. The topological polar surface area (TPSA) is 95.9 Å². The Balaban J connectivity index is 2.05. The van der Waals surface area contributed by atoms with Crippen molar-refractivity contribution in [3.05, 3.63) is 0 Å². The average Bonchev–Trinajstić information content (AvgIpc) is 3.06. The van der Waals surface area contributed by atoms with Gasteiger partial charge >= 0.3 is 5.97 Å². The number of ether oxygens (including phenoxy) is 1. The molecule has 0 bridgehead atoms. The normalized spacial score (nSPS) is 30.7. The molecule has 1 aliphatic heterocycles. The smallest absolute Gasteiger partial charge is 0.324 e. The van der Waals surface area contributed by atoms with Crippen molar-refractivity contribution < 1.29 is 23.1 Å². The Labute approximate surface area is 125 Å². The van der Waals surface area contributed by atoms with Gasteiger partial charge in [-0.1, -0.05) is 6.42 Å². The second-order valence-electron chi connectivity index (χ2n) is 5.62. The van der Waals surface area contributed by atoms with Crippen LogP contribution in [0.3, 0.4) is 0 Å². The maximum Gasteiger partial charge on any atom is 0.324 e. The minimum absolute atomic E-state index is 0.0194. The Hall–Kier alpha value is -0.700. The SMILES string of the molecule is CCOC(=O)C1CCCN1S(=O)(=O)NC1CCCC1CO. The number of esters is 1. The lowest BCUT2D eigenvalue weighted by Gasteiger charge is -2.26. The molecule has 2 aliphatic rings. The zero-order valence-electron chi connectivity index (χ0n) is 12.3. The van der Waals surface area contributed by atoms with Crippen LogP contribution in [0.1, 0.15) is 39.0 Å². The molecule has 2 fully saturated rings. The van der Waals surface area contributed by atoms with Crippen molar-refractivity contribution in [1.82, 2.24) is 9.03 Å². The summed E-state index contributed by atoms with van der Waals surface area (Å²) in [6.45, 7) is 2.25. The fourth-order valence-electron chi connectivity index (χ4n) is 3.17. The van der Waals surface area contributed by atoms with Gasteiger partial charge in [-0.3, -0.25) is 4.79 Å². The molecular formula is C13H24N2O5S. The van der Waals surface area contributed by atoms with Gasteiger partial charge in [0.1, 0.15) is 6.04 Å². The number of carbonyl (C=O) groups is 1. The average molecular weight is 320 g/mol. The number of hydrogen-bond acceptors (Lipinski definition) is 5. The number of hydrogen-bond donors (Lipinski definition) is 2. The summed E-state index contributed by atoms with van der Waals surface area (Å²) >= 11 is 0. The lowest BCUT2D eigenvalue weighted by Crippen LogP contribution is -2.50. The summed E-state index contributed by atoms with van der Waals surface area (Å²) in [5.41, 5.74) is 0. The molecule has 122 valence electrons. The zero-order chi connectivity index (χ0) is 15.5. The molecular weight excluding hydrogens is 296 g/mol. The van der Waals surface area contributed by atoms with Crippen molar-refractivity contribution in [2.24, 2.45) is 5.92 Å². The predicted octanol–water partition coefficient (Wildman–Crippen LogP) is 0.00930. The predicted molar refractivity (Wildman–Crippen MR) is 76.6 cm³/mol. The van der Waals surface area contributed by atoms with Gasteiger partial charge in [0, 0.05) is 19.2 Å². The summed E-state index contributed by atoms with van der Waals surface area (Å²) in [6, 6.07) is -0.972. The van der Waals surface area contributed by atoms with Crippen molar-refractivity contribution >= 4 is 16.2 Å². The molecule has 0 radical (unpaired) electrons. The fourth-order valence-corrected chi connectivity index (χ4v) is 4.90. The van der Waals surface area contributed by atoms with Gasteiger partial charge in [0.25, 0.3) is 10.2 Å². The van der Waals surface area contributed by atoms with E-state index in [0.717, 1.165) is 19.3 Å². The van der Waals surface area contributed by atoms with Crippen LogP contribution in [0.15, 0.2) is 0 Å². The molecule has 2 rings (SSSR count). The van der Waals surface area contributed by atoms with Crippen molar-refractivity contribution in [2.45, 2.75) is 51.1 Å². The van der Waals surface area contributed by atoms with E-state index in [1.807, 2.05) is 0 Å². The minimum Gasteiger partial charge on any atom is -0.465 e. The van der Waals surface area contributed by atoms with E-state index in [0.29, 0.717) is 19.4 Å². The summed E-state index contributed by atoms with van der Waals surface area (Å²) in [7, 11) is -3.73. The van der Waals surface area contributed by atoms with Crippen LogP contribution in [0, 0.1) is 5.92 Å². The molecule has 8 heteroatoms. The second-order valence-corrected chi connectivity index (χ2v) is 7.28. The highest BCUT2D eigenvalue weighted by Crippen LogP contribution is 2.28. The van der Waals surface area contributed by atoms with Gasteiger partial charge in [0.05, 0.1) is 6.61 Å². The van der Waals surface area contributed by atoms with E-state index in [1.165, 1.54) is 4.31 Å². The maximum atomic E-state index is 12.5. The van der Waals surface area contributed by atoms with E-state index in [-0.39, 0.29) is 25.2 Å². The van der Waals surface area contributed by atoms with Gasteiger partial charge in [-0.25, -0.2) is 0 Å². The van der Waals surface area contributed by atoms with Gasteiger partial charge in [-0.2, -0.15) is 17.4 Å². The lowest BCUT2D eigenvalue weighted by molar-refractivity contribution is -0.146. The first kappa shape index (κ1) is 16.7. The van der Waals surface area contributed by atoms with E-state index in [1.54, 1.807) is 6.92 Å². The maximum absolute atomic E-state index is 12.5. The van der Waals surface area contributed by atoms with E-state index in [4.69, 9.17) is 4.74 Å². The third-order valence-electron chi connectivity index (χ3n) is 4.26. The van der Waals surface area contributed by atoms with E-state index < -0.39 is 22.2 Å². The minimum atomic E-state index is -3.73. The van der Waals surface area contributed by atoms with Gasteiger partial charge in [-0.15, -0.1) is 0 Å².